The first-order chi connectivity index (χ1) is 8.91. The zero-order chi connectivity index (χ0) is 14.0. The molecular weight excluding hydrogens is 262 g/mol. The lowest BCUT2D eigenvalue weighted by Gasteiger charge is -2.16. The molecule has 0 spiro atoms. The van der Waals surface area contributed by atoms with Crippen molar-refractivity contribution in [3.05, 3.63) is 11.1 Å². The van der Waals surface area contributed by atoms with Crippen LogP contribution in [0.4, 0.5) is 5.13 Å². The number of rotatable bonds is 7. The number of carboxylic acids is 1. The van der Waals surface area contributed by atoms with E-state index >= 15 is 0 Å². The highest BCUT2D eigenvalue weighted by atomic mass is 32.1. The first kappa shape index (κ1) is 14.3. The van der Waals surface area contributed by atoms with Gasteiger partial charge < -0.3 is 15.3 Å². The Labute approximate surface area is 117 Å². The molecular formula is C13H21N3O2S. The minimum Gasteiger partial charge on any atom is -0.481 e. The van der Waals surface area contributed by atoms with Crippen LogP contribution in [0.3, 0.4) is 0 Å². The van der Waals surface area contributed by atoms with Gasteiger partial charge in [0.05, 0.1) is 5.69 Å². The summed E-state index contributed by atoms with van der Waals surface area (Å²) >= 11 is 1.47. The molecule has 5 nitrogen and oxygen atoms in total. The molecule has 1 heterocycles. The van der Waals surface area contributed by atoms with Crippen molar-refractivity contribution < 1.29 is 9.90 Å². The van der Waals surface area contributed by atoms with Gasteiger partial charge in [-0.2, -0.15) is 0 Å². The average molecular weight is 283 g/mol. The van der Waals surface area contributed by atoms with Gasteiger partial charge in [-0.25, -0.2) is 4.98 Å². The van der Waals surface area contributed by atoms with Gasteiger partial charge in [-0.05, 0) is 33.7 Å². The number of aromatic nitrogens is 1. The van der Waals surface area contributed by atoms with E-state index in [1.54, 1.807) is 13.8 Å². The fraction of sp³-hybridized carbons (Fsp3) is 0.692. The summed E-state index contributed by atoms with van der Waals surface area (Å²) < 4.78 is 0. The van der Waals surface area contributed by atoms with Crippen molar-refractivity contribution in [3.8, 4) is 0 Å². The van der Waals surface area contributed by atoms with E-state index in [1.807, 2.05) is 5.38 Å². The highest BCUT2D eigenvalue weighted by molar-refractivity contribution is 7.13. The molecule has 2 rings (SSSR count). The van der Waals surface area contributed by atoms with Crippen molar-refractivity contribution in [2.45, 2.75) is 38.1 Å². The molecule has 1 aromatic rings. The van der Waals surface area contributed by atoms with Gasteiger partial charge in [0, 0.05) is 24.5 Å². The number of likely N-dealkylation sites (N-methyl/N-ethyl adjacent to an activating group) is 1. The summed E-state index contributed by atoms with van der Waals surface area (Å²) in [7, 11) is 2.14. The predicted molar refractivity (Wildman–Crippen MR) is 76.9 cm³/mol. The summed E-state index contributed by atoms with van der Waals surface area (Å²) in [5, 5.41) is 15.0. The van der Waals surface area contributed by atoms with Crippen LogP contribution in [0, 0.1) is 0 Å². The summed E-state index contributed by atoms with van der Waals surface area (Å²) in [5.74, 6) is -0.849. The van der Waals surface area contributed by atoms with Gasteiger partial charge in [-0.1, -0.05) is 0 Å². The monoisotopic (exact) mass is 283 g/mol. The number of nitrogens with zero attached hydrogens (tertiary/aromatic N) is 2. The van der Waals surface area contributed by atoms with Crippen molar-refractivity contribution in [3.63, 3.8) is 0 Å². The van der Waals surface area contributed by atoms with Crippen LogP contribution < -0.4 is 5.32 Å². The van der Waals surface area contributed by atoms with E-state index in [4.69, 9.17) is 5.11 Å². The quantitative estimate of drug-likeness (QED) is 0.801. The normalized spacial score (nSPS) is 15.8. The standard InChI is InChI=1S/C13H21N3O2S/c1-13(2,11(17)18)10-8-19-12(15-10)14-6-7-16(3)9-4-5-9/h8-9H,4-7H2,1-3H3,(H,14,15)(H,17,18). The third kappa shape index (κ3) is 3.45. The van der Waals surface area contributed by atoms with Crippen molar-refractivity contribution in [2.75, 3.05) is 25.5 Å². The minimum atomic E-state index is -0.929. The smallest absolute Gasteiger partial charge is 0.315 e. The number of nitrogens with one attached hydrogen (secondary N) is 1. The molecule has 1 saturated carbocycles. The van der Waals surface area contributed by atoms with Gasteiger partial charge in [0.2, 0.25) is 0 Å². The lowest BCUT2D eigenvalue weighted by atomic mass is 9.90. The highest BCUT2D eigenvalue weighted by Crippen LogP contribution is 2.27. The number of anilines is 1. The summed E-state index contributed by atoms with van der Waals surface area (Å²) in [5.41, 5.74) is -0.315. The van der Waals surface area contributed by atoms with Gasteiger partial charge >= 0.3 is 5.97 Å². The van der Waals surface area contributed by atoms with Crippen molar-refractivity contribution in [1.29, 1.82) is 0 Å². The summed E-state index contributed by atoms with van der Waals surface area (Å²) in [4.78, 5) is 17.9. The van der Waals surface area contributed by atoms with Crippen LogP contribution in [0.25, 0.3) is 0 Å². The van der Waals surface area contributed by atoms with E-state index in [0.29, 0.717) is 5.69 Å². The lowest BCUT2D eigenvalue weighted by Crippen LogP contribution is -2.29. The topological polar surface area (TPSA) is 65.5 Å². The second kappa shape index (κ2) is 5.46. The van der Waals surface area contributed by atoms with E-state index in [1.165, 1.54) is 24.2 Å². The molecule has 0 atom stereocenters. The number of thiazole rings is 1. The molecule has 1 aliphatic carbocycles. The van der Waals surface area contributed by atoms with Crippen LogP contribution in [-0.2, 0) is 10.2 Å². The summed E-state index contributed by atoms with van der Waals surface area (Å²) in [6, 6.07) is 0.764. The van der Waals surface area contributed by atoms with Crippen LogP contribution in [-0.4, -0.2) is 47.1 Å². The average Bonchev–Trinajstić information content (AvgIpc) is 3.08. The van der Waals surface area contributed by atoms with E-state index in [2.05, 4.69) is 22.2 Å². The molecule has 0 amide bonds. The Balaban J connectivity index is 1.85. The van der Waals surface area contributed by atoms with Crippen LogP contribution in [0.15, 0.2) is 5.38 Å². The van der Waals surface area contributed by atoms with Gasteiger partial charge in [0.15, 0.2) is 5.13 Å². The maximum Gasteiger partial charge on any atom is 0.315 e. The number of hydrogen-bond donors (Lipinski definition) is 2. The number of hydrogen-bond acceptors (Lipinski definition) is 5. The van der Waals surface area contributed by atoms with Crippen molar-refractivity contribution >= 4 is 22.4 Å². The zero-order valence-corrected chi connectivity index (χ0v) is 12.5. The van der Waals surface area contributed by atoms with Gasteiger partial charge in [-0.15, -0.1) is 11.3 Å². The number of carboxylic acid groups (broad SMARTS) is 1. The molecule has 1 aliphatic rings. The maximum absolute atomic E-state index is 11.2. The molecule has 0 aromatic carbocycles. The molecule has 0 bridgehead atoms. The van der Waals surface area contributed by atoms with Crippen molar-refractivity contribution in [1.82, 2.24) is 9.88 Å². The van der Waals surface area contributed by atoms with E-state index in [9.17, 15) is 4.79 Å². The maximum atomic E-state index is 11.2. The lowest BCUT2D eigenvalue weighted by molar-refractivity contribution is -0.142. The number of aliphatic carboxylic acids is 1. The highest BCUT2D eigenvalue weighted by Gasteiger charge is 2.32. The second-order valence-electron chi connectivity index (χ2n) is 5.61. The van der Waals surface area contributed by atoms with Crippen molar-refractivity contribution in [2.24, 2.45) is 0 Å². The van der Waals surface area contributed by atoms with E-state index in [-0.39, 0.29) is 0 Å². The third-order valence-corrected chi connectivity index (χ3v) is 4.39. The van der Waals surface area contributed by atoms with Crippen LogP contribution >= 0.6 is 11.3 Å². The Hall–Kier alpha value is -1.14. The molecule has 1 fully saturated rings. The first-order valence-corrected chi connectivity index (χ1v) is 7.42. The predicted octanol–water partition coefficient (Wildman–Crippen LogP) is 2.01. The first-order valence-electron chi connectivity index (χ1n) is 6.55. The minimum absolute atomic E-state index is 0.614. The van der Waals surface area contributed by atoms with Gasteiger partial charge in [-0.3, -0.25) is 4.79 Å². The Morgan fingerprint density at radius 1 is 1.63 bits per heavy atom. The van der Waals surface area contributed by atoms with E-state index in [0.717, 1.165) is 24.3 Å². The second-order valence-corrected chi connectivity index (χ2v) is 6.46. The zero-order valence-electron chi connectivity index (χ0n) is 11.6. The number of carbonyl (C=O) groups is 1. The molecule has 0 unspecified atom stereocenters. The molecule has 19 heavy (non-hydrogen) atoms. The van der Waals surface area contributed by atoms with Gasteiger partial charge in [0.25, 0.3) is 0 Å². The Kier molecular flexibility index (Phi) is 4.10. The SMILES string of the molecule is CN(CCNc1nc(C(C)(C)C(=O)O)cs1)C1CC1. The molecule has 2 N–H and O–H groups in total. The van der Waals surface area contributed by atoms with Crippen LogP contribution in [0.5, 0.6) is 0 Å². The molecule has 1 aromatic heterocycles. The largest absolute Gasteiger partial charge is 0.481 e. The fourth-order valence-electron chi connectivity index (χ4n) is 1.79. The van der Waals surface area contributed by atoms with Gasteiger partial charge in [0.1, 0.15) is 5.41 Å². The molecule has 0 saturated heterocycles. The Morgan fingerprint density at radius 2 is 2.32 bits per heavy atom. The van der Waals surface area contributed by atoms with E-state index < -0.39 is 11.4 Å². The van der Waals surface area contributed by atoms with Crippen LogP contribution in [0.2, 0.25) is 0 Å². The fourth-order valence-corrected chi connectivity index (χ4v) is 2.70. The molecule has 0 aliphatic heterocycles. The summed E-state index contributed by atoms with van der Waals surface area (Å²) in [6.45, 7) is 5.18. The molecule has 106 valence electrons. The Morgan fingerprint density at radius 3 is 2.89 bits per heavy atom. The Bertz CT molecular complexity index is 454. The third-order valence-electron chi connectivity index (χ3n) is 3.59. The molecule has 0 radical (unpaired) electrons. The van der Waals surface area contributed by atoms with Crippen LogP contribution in [0.1, 0.15) is 32.4 Å². The molecule has 6 heteroatoms. The summed E-state index contributed by atoms with van der Waals surface area (Å²) in [6.07, 6.45) is 2.62.